The zero-order valence-electron chi connectivity index (χ0n) is 17.9. The number of benzene rings is 2. The van der Waals surface area contributed by atoms with Crippen LogP contribution in [0.1, 0.15) is 21.6 Å². The summed E-state index contributed by atoms with van der Waals surface area (Å²) in [5.74, 6) is 1.21. The number of hydrogen-bond donors (Lipinski definition) is 1. The molecule has 0 aliphatic rings. The lowest BCUT2D eigenvalue weighted by atomic mass is 10.1. The van der Waals surface area contributed by atoms with E-state index < -0.39 is 0 Å². The largest absolute Gasteiger partial charge is 0.493 e. The number of aromatic nitrogens is 2. The summed E-state index contributed by atoms with van der Waals surface area (Å²) in [6, 6.07) is 10.2. The van der Waals surface area contributed by atoms with Gasteiger partial charge in [-0.3, -0.25) is 4.79 Å². The number of hydrogen-bond acceptors (Lipinski definition) is 6. The van der Waals surface area contributed by atoms with Crippen molar-refractivity contribution in [3.63, 3.8) is 0 Å². The van der Waals surface area contributed by atoms with E-state index in [0.717, 1.165) is 22.2 Å². The summed E-state index contributed by atoms with van der Waals surface area (Å²) < 4.78 is 25.2. The Labute approximate surface area is 189 Å². The predicted octanol–water partition coefficient (Wildman–Crippen LogP) is 4.80. The van der Waals surface area contributed by atoms with Crippen molar-refractivity contribution in [2.45, 2.75) is 13.3 Å². The van der Waals surface area contributed by atoms with E-state index >= 15 is 0 Å². The van der Waals surface area contributed by atoms with Crippen LogP contribution in [-0.4, -0.2) is 36.6 Å². The summed E-state index contributed by atoms with van der Waals surface area (Å²) in [4.78, 5) is 21.6. The van der Waals surface area contributed by atoms with Crippen molar-refractivity contribution in [2.75, 3.05) is 20.8 Å². The van der Waals surface area contributed by atoms with Gasteiger partial charge in [0.15, 0.2) is 17.3 Å². The number of rotatable bonds is 7. The van der Waals surface area contributed by atoms with Crippen LogP contribution in [0.5, 0.6) is 11.5 Å². The van der Waals surface area contributed by atoms with Crippen molar-refractivity contribution < 1.29 is 18.7 Å². The van der Waals surface area contributed by atoms with Crippen molar-refractivity contribution in [1.82, 2.24) is 15.3 Å². The van der Waals surface area contributed by atoms with Crippen molar-refractivity contribution in [2.24, 2.45) is 0 Å². The number of amides is 1. The van der Waals surface area contributed by atoms with E-state index in [4.69, 9.17) is 9.47 Å². The lowest BCUT2D eigenvalue weighted by molar-refractivity contribution is 0.0953. The molecule has 32 heavy (non-hydrogen) atoms. The molecule has 8 heteroatoms. The Balaban J connectivity index is 1.46. The van der Waals surface area contributed by atoms with Gasteiger partial charge in [0.1, 0.15) is 5.82 Å². The fraction of sp³-hybridized carbons (Fsp3) is 0.208. The molecular formula is C24H22FN3O3S. The van der Waals surface area contributed by atoms with Gasteiger partial charge in [-0.25, -0.2) is 14.4 Å². The first kappa shape index (κ1) is 21.7. The van der Waals surface area contributed by atoms with E-state index in [1.807, 2.05) is 24.4 Å². The maximum absolute atomic E-state index is 14.0. The molecule has 0 atom stereocenters. The smallest absolute Gasteiger partial charge is 0.251 e. The molecule has 0 fully saturated rings. The highest BCUT2D eigenvalue weighted by Crippen LogP contribution is 2.34. The highest BCUT2D eigenvalue weighted by molar-refractivity contribution is 7.17. The Bertz CT molecular complexity index is 1290. The summed E-state index contributed by atoms with van der Waals surface area (Å²) >= 11 is 1.34. The molecule has 164 valence electrons. The second-order valence-corrected chi connectivity index (χ2v) is 8.05. The molecule has 1 amide bonds. The van der Waals surface area contributed by atoms with Crippen LogP contribution in [0, 0.1) is 12.7 Å². The summed E-state index contributed by atoms with van der Waals surface area (Å²) in [7, 11) is 3.10. The predicted molar refractivity (Wildman–Crippen MR) is 123 cm³/mol. The van der Waals surface area contributed by atoms with Crippen molar-refractivity contribution >= 4 is 27.3 Å². The van der Waals surface area contributed by atoms with Crippen LogP contribution in [0.4, 0.5) is 4.39 Å². The number of nitrogens with zero attached hydrogens (tertiary/aromatic N) is 2. The first-order valence-corrected chi connectivity index (χ1v) is 10.9. The first-order chi connectivity index (χ1) is 15.5. The lowest BCUT2D eigenvalue weighted by Gasteiger charge is -2.13. The molecule has 6 nitrogen and oxygen atoms in total. The number of methoxy groups -OCH3 is 2. The molecule has 4 rings (SSSR count). The lowest BCUT2D eigenvalue weighted by Crippen LogP contribution is -2.26. The third-order valence-corrected chi connectivity index (χ3v) is 6.10. The average Bonchev–Trinajstić information content (AvgIpc) is 3.24. The van der Waals surface area contributed by atoms with Crippen LogP contribution in [0.15, 0.2) is 48.0 Å². The van der Waals surface area contributed by atoms with Crippen molar-refractivity contribution in [3.05, 3.63) is 70.6 Å². The molecule has 4 aromatic rings. The van der Waals surface area contributed by atoms with E-state index in [1.54, 1.807) is 31.5 Å². The maximum Gasteiger partial charge on any atom is 0.251 e. The molecule has 0 saturated carbocycles. The van der Waals surface area contributed by atoms with Gasteiger partial charge in [0.25, 0.3) is 5.91 Å². The van der Waals surface area contributed by atoms with Gasteiger partial charge in [0, 0.05) is 46.7 Å². The third kappa shape index (κ3) is 4.27. The van der Waals surface area contributed by atoms with Crippen LogP contribution in [-0.2, 0) is 6.42 Å². The number of fused-ring (bicyclic) bond motifs is 1. The fourth-order valence-electron chi connectivity index (χ4n) is 3.55. The Kier molecular flexibility index (Phi) is 6.32. The quantitative estimate of drug-likeness (QED) is 0.437. The van der Waals surface area contributed by atoms with Gasteiger partial charge in [0.05, 0.1) is 18.9 Å². The number of aryl methyl sites for hydroxylation is 1. The number of carbonyl (C=O) groups is 1. The molecule has 0 saturated heterocycles. The Morgan fingerprint density at radius 1 is 1.19 bits per heavy atom. The maximum atomic E-state index is 14.0. The zero-order valence-corrected chi connectivity index (χ0v) is 18.8. The summed E-state index contributed by atoms with van der Waals surface area (Å²) in [5, 5.41) is 5.58. The minimum atomic E-state index is -0.247. The van der Waals surface area contributed by atoms with Gasteiger partial charge in [-0.05, 0) is 36.8 Å². The monoisotopic (exact) mass is 451 g/mol. The summed E-state index contributed by atoms with van der Waals surface area (Å²) in [6.07, 6.45) is 2.21. The van der Waals surface area contributed by atoms with Crippen molar-refractivity contribution in [3.8, 4) is 22.9 Å². The summed E-state index contributed by atoms with van der Waals surface area (Å²) in [6.45, 7) is 2.27. The molecule has 0 unspecified atom stereocenters. The van der Waals surface area contributed by atoms with E-state index in [1.165, 1.54) is 24.5 Å². The molecule has 0 bridgehead atoms. The van der Waals surface area contributed by atoms with Crippen molar-refractivity contribution in [1.29, 1.82) is 0 Å². The van der Waals surface area contributed by atoms with Crippen LogP contribution in [0.2, 0.25) is 0 Å². The molecule has 0 radical (unpaired) electrons. The molecule has 0 aliphatic heterocycles. The molecular weight excluding hydrogens is 429 g/mol. The van der Waals surface area contributed by atoms with Gasteiger partial charge in [-0.1, -0.05) is 12.1 Å². The van der Waals surface area contributed by atoms with Gasteiger partial charge in [-0.2, -0.15) is 0 Å². The number of nitrogens with one attached hydrogen (secondary N) is 1. The van der Waals surface area contributed by atoms with Gasteiger partial charge in [0.2, 0.25) is 0 Å². The van der Waals surface area contributed by atoms with E-state index in [2.05, 4.69) is 15.3 Å². The standard InChI is InChI=1S/C24H22FN3O3S/c1-14-11-15(12-20(30-2)21(14)31-3)24(29)27-10-8-16-7-9-26-23(28-16)18-13-32-22-17(18)5-4-6-19(22)25/h4-7,9,11-13H,8,10H2,1-3H3,(H,27,29). The second kappa shape index (κ2) is 9.32. The fourth-order valence-corrected chi connectivity index (χ4v) is 4.51. The SMILES string of the molecule is COc1cc(C(=O)NCCc2ccnc(-c3csc4c(F)cccc34)n2)cc(C)c1OC. The van der Waals surface area contributed by atoms with E-state index in [-0.39, 0.29) is 11.7 Å². The Morgan fingerprint density at radius 2 is 2.03 bits per heavy atom. The van der Waals surface area contributed by atoms with Gasteiger partial charge < -0.3 is 14.8 Å². The summed E-state index contributed by atoms with van der Waals surface area (Å²) in [5.41, 5.74) is 2.90. The second-order valence-electron chi connectivity index (χ2n) is 7.17. The zero-order chi connectivity index (χ0) is 22.7. The van der Waals surface area contributed by atoms with E-state index in [0.29, 0.717) is 40.6 Å². The molecule has 2 aromatic carbocycles. The highest BCUT2D eigenvalue weighted by atomic mass is 32.1. The highest BCUT2D eigenvalue weighted by Gasteiger charge is 2.15. The molecule has 1 N–H and O–H groups in total. The number of ether oxygens (including phenoxy) is 2. The Hall–Kier alpha value is -3.52. The molecule has 2 heterocycles. The normalized spacial score (nSPS) is 10.9. The molecule has 2 aromatic heterocycles. The van der Waals surface area contributed by atoms with Crippen LogP contribution in [0.3, 0.4) is 0 Å². The van der Waals surface area contributed by atoms with Gasteiger partial charge in [-0.15, -0.1) is 11.3 Å². The van der Waals surface area contributed by atoms with Crippen LogP contribution < -0.4 is 14.8 Å². The van der Waals surface area contributed by atoms with Crippen LogP contribution in [0.25, 0.3) is 21.5 Å². The number of halogens is 1. The topological polar surface area (TPSA) is 73.3 Å². The molecule has 0 spiro atoms. The first-order valence-electron chi connectivity index (χ1n) is 10.0. The average molecular weight is 452 g/mol. The number of thiophene rings is 1. The minimum Gasteiger partial charge on any atom is -0.493 e. The third-order valence-electron chi connectivity index (χ3n) is 5.10. The number of carbonyl (C=O) groups excluding carboxylic acids is 1. The molecule has 0 aliphatic carbocycles. The van der Waals surface area contributed by atoms with E-state index in [9.17, 15) is 9.18 Å². The van der Waals surface area contributed by atoms with Crippen LogP contribution >= 0.6 is 11.3 Å². The minimum absolute atomic E-state index is 0.206. The Morgan fingerprint density at radius 3 is 2.81 bits per heavy atom. The van der Waals surface area contributed by atoms with Gasteiger partial charge >= 0.3 is 0 Å².